The van der Waals surface area contributed by atoms with Gasteiger partial charge in [0, 0.05) is 28.5 Å². The van der Waals surface area contributed by atoms with E-state index in [4.69, 9.17) is 5.73 Å². The number of nitrogens with one attached hydrogen (secondary N) is 1. The number of hydrogen-bond donors (Lipinski definition) is 6. The van der Waals surface area contributed by atoms with Crippen LogP contribution in [0.15, 0.2) is 59.2 Å². The highest BCUT2D eigenvalue weighted by Gasteiger charge is 2.63. The number of amides is 2. The standard InChI is InChI=1S/C30H28FN5O8/c1-35(2)23-15-8-13-7-14-16(31)9-17(34-19(37)11-36-18-6-4-3-5-12(18)10-33-36)24(38)21(14)25(39)20(13)27(41)30(15,44)28(42)22(26(23)40)29(32)43/h3-6,9-10,13,15,23,38,40-41,44H,7-8,11H2,1-2H3,(H2,32,43)(H,34,37)/t13-,15-,23-,30-/m0/s1. The average Bonchev–Trinajstić information content (AvgIpc) is 3.35. The second kappa shape index (κ2) is 9.99. The molecule has 3 aromatic rings. The predicted molar refractivity (Wildman–Crippen MR) is 152 cm³/mol. The zero-order chi connectivity index (χ0) is 31.8. The molecule has 0 fully saturated rings. The Morgan fingerprint density at radius 2 is 1.91 bits per heavy atom. The van der Waals surface area contributed by atoms with E-state index >= 15 is 4.39 Å². The van der Waals surface area contributed by atoms with Gasteiger partial charge in [0.2, 0.25) is 11.7 Å². The molecule has 1 aromatic heterocycles. The Bertz CT molecular complexity index is 1880. The molecule has 44 heavy (non-hydrogen) atoms. The Hall–Kier alpha value is -5.08. The van der Waals surface area contributed by atoms with Crippen LogP contribution in [0.25, 0.3) is 10.9 Å². The minimum Gasteiger partial charge on any atom is -0.510 e. The number of para-hydroxylation sites is 1. The summed E-state index contributed by atoms with van der Waals surface area (Å²) in [5.74, 6) is -10.1. The number of nitrogens with two attached hydrogens (primary N) is 1. The molecule has 13 nitrogen and oxygen atoms in total. The molecule has 0 radical (unpaired) electrons. The molecule has 0 bridgehead atoms. The number of anilines is 1. The van der Waals surface area contributed by atoms with Crippen LogP contribution < -0.4 is 11.1 Å². The number of allylic oxidation sites excluding steroid dienone is 1. The number of phenolic OH excluding ortho intramolecular Hbond substituents is 1. The topological polar surface area (TPSA) is 208 Å². The van der Waals surface area contributed by atoms with Gasteiger partial charge in [-0.05, 0) is 38.9 Å². The van der Waals surface area contributed by atoms with Gasteiger partial charge >= 0.3 is 0 Å². The first kappa shape index (κ1) is 29.0. The number of phenols is 1. The van der Waals surface area contributed by atoms with Gasteiger partial charge in [-0.2, -0.15) is 5.10 Å². The van der Waals surface area contributed by atoms with E-state index in [0.29, 0.717) is 5.52 Å². The van der Waals surface area contributed by atoms with Gasteiger partial charge in [-0.1, -0.05) is 18.2 Å². The van der Waals surface area contributed by atoms with E-state index in [0.717, 1.165) is 11.5 Å². The molecule has 2 amide bonds. The fourth-order valence-corrected chi connectivity index (χ4v) is 6.85. The van der Waals surface area contributed by atoms with Crippen LogP contribution in [-0.4, -0.2) is 84.2 Å². The monoisotopic (exact) mass is 605 g/mol. The zero-order valence-electron chi connectivity index (χ0n) is 23.5. The third kappa shape index (κ3) is 4.02. The highest BCUT2D eigenvalue weighted by molar-refractivity contribution is 6.25. The molecule has 3 aliphatic rings. The smallest absolute Gasteiger partial charge is 0.255 e. The third-order valence-corrected chi connectivity index (χ3v) is 8.79. The zero-order valence-corrected chi connectivity index (χ0v) is 23.5. The summed E-state index contributed by atoms with van der Waals surface area (Å²) in [4.78, 5) is 53.6. The number of aliphatic hydroxyl groups excluding tert-OH is 2. The molecular formula is C30H28FN5O8. The minimum atomic E-state index is -2.82. The maximum absolute atomic E-state index is 15.5. The summed E-state index contributed by atoms with van der Waals surface area (Å²) in [7, 11) is 3.02. The maximum Gasteiger partial charge on any atom is 0.255 e. The summed E-state index contributed by atoms with van der Waals surface area (Å²) in [6, 6.07) is 6.86. The predicted octanol–water partition coefficient (Wildman–Crippen LogP) is 1.25. The van der Waals surface area contributed by atoms with Crippen LogP contribution in [0.2, 0.25) is 0 Å². The largest absolute Gasteiger partial charge is 0.510 e. The summed E-state index contributed by atoms with van der Waals surface area (Å²) in [6.45, 7) is -0.292. The van der Waals surface area contributed by atoms with Crippen LogP contribution in [0.3, 0.4) is 0 Å². The fraction of sp³-hybridized carbons (Fsp3) is 0.300. The number of likely N-dealkylation sites (N-methyl/N-ethyl adjacent to an activating group) is 1. The molecule has 4 atom stereocenters. The van der Waals surface area contributed by atoms with Crippen molar-refractivity contribution in [1.29, 1.82) is 0 Å². The van der Waals surface area contributed by atoms with Crippen molar-refractivity contribution in [3.05, 3.63) is 76.1 Å². The molecule has 0 unspecified atom stereocenters. The van der Waals surface area contributed by atoms with Crippen LogP contribution in [0, 0.1) is 17.7 Å². The lowest BCUT2D eigenvalue weighted by Crippen LogP contribution is -2.63. The summed E-state index contributed by atoms with van der Waals surface area (Å²) in [6.07, 6.45) is 1.17. The van der Waals surface area contributed by atoms with E-state index in [9.17, 15) is 39.6 Å². The average molecular weight is 606 g/mol. The van der Waals surface area contributed by atoms with Crippen LogP contribution >= 0.6 is 0 Å². The number of hydrogen-bond acceptors (Lipinski definition) is 10. The first-order valence-electron chi connectivity index (χ1n) is 13.7. The molecule has 6 rings (SSSR count). The highest BCUT2D eigenvalue weighted by Crippen LogP contribution is 2.53. The minimum absolute atomic E-state index is 0.178. The molecule has 14 heteroatoms. The van der Waals surface area contributed by atoms with Crippen molar-refractivity contribution in [2.24, 2.45) is 17.6 Å². The van der Waals surface area contributed by atoms with Crippen LogP contribution in [-0.2, 0) is 27.3 Å². The van der Waals surface area contributed by atoms with E-state index in [1.807, 2.05) is 12.1 Å². The number of primary amides is 1. The van der Waals surface area contributed by atoms with Gasteiger partial charge in [0.25, 0.3) is 5.91 Å². The number of ketones is 2. The number of aromatic nitrogens is 2. The number of aliphatic hydroxyl groups is 3. The molecular weight excluding hydrogens is 577 g/mol. The molecule has 1 heterocycles. The summed E-state index contributed by atoms with van der Waals surface area (Å²) in [5.41, 5.74) is 0.666. The number of carbonyl (C=O) groups is 4. The maximum atomic E-state index is 15.5. The Morgan fingerprint density at radius 1 is 1.20 bits per heavy atom. The number of carbonyl (C=O) groups excluding carboxylic acids is 4. The van der Waals surface area contributed by atoms with E-state index in [1.165, 1.54) is 23.7 Å². The van der Waals surface area contributed by atoms with E-state index in [1.54, 1.807) is 18.3 Å². The van der Waals surface area contributed by atoms with Crippen molar-refractivity contribution in [1.82, 2.24) is 14.7 Å². The van der Waals surface area contributed by atoms with Gasteiger partial charge in [-0.25, -0.2) is 4.39 Å². The highest BCUT2D eigenvalue weighted by atomic mass is 19.1. The van der Waals surface area contributed by atoms with Gasteiger partial charge in [-0.15, -0.1) is 0 Å². The van der Waals surface area contributed by atoms with Crippen molar-refractivity contribution in [2.75, 3.05) is 19.4 Å². The SMILES string of the molecule is CN(C)[C@@H]1C(O)=C(C(N)=O)C(=O)[C@@]2(O)C(O)=C3C(=O)c4c(O)c(NC(=O)Cn5ncc6ccccc65)cc(F)c4C[C@H]3C[C@@H]12. The van der Waals surface area contributed by atoms with Crippen LogP contribution in [0.5, 0.6) is 5.75 Å². The lowest BCUT2D eigenvalue weighted by Gasteiger charge is -2.50. The van der Waals surface area contributed by atoms with Crippen LogP contribution in [0.1, 0.15) is 22.3 Å². The number of nitrogens with zero attached hydrogens (tertiary/aromatic N) is 3. The van der Waals surface area contributed by atoms with E-state index in [-0.39, 0.29) is 24.9 Å². The fourth-order valence-electron chi connectivity index (χ4n) is 6.85. The molecule has 0 saturated heterocycles. The second-order valence-corrected chi connectivity index (χ2v) is 11.5. The Balaban J connectivity index is 1.39. The van der Waals surface area contributed by atoms with Crippen molar-refractivity contribution >= 4 is 40.0 Å². The lowest BCUT2D eigenvalue weighted by molar-refractivity contribution is -0.148. The van der Waals surface area contributed by atoms with Gasteiger partial charge in [0.15, 0.2) is 17.1 Å². The molecule has 228 valence electrons. The van der Waals surface area contributed by atoms with Crippen molar-refractivity contribution < 1.29 is 44.0 Å². The Kier molecular flexibility index (Phi) is 6.59. The number of rotatable bonds is 5. The molecule has 3 aliphatic carbocycles. The lowest BCUT2D eigenvalue weighted by atomic mass is 9.58. The van der Waals surface area contributed by atoms with Crippen LogP contribution in [0.4, 0.5) is 10.1 Å². The van der Waals surface area contributed by atoms with Gasteiger partial charge in [-0.3, -0.25) is 28.8 Å². The third-order valence-electron chi connectivity index (χ3n) is 8.79. The van der Waals surface area contributed by atoms with Gasteiger partial charge in [0.1, 0.15) is 29.5 Å². The molecule has 0 aliphatic heterocycles. The molecule has 0 spiro atoms. The molecule has 0 saturated carbocycles. The number of Topliss-reactive ketones (excluding diaryl/α,β-unsaturated/α-hetero) is 2. The normalized spacial score (nSPS) is 24.8. The first-order chi connectivity index (χ1) is 20.8. The second-order valence-electron chi connectivity index (χ2n) is 11.5. The van der Waals surface area contributed by atoms with E-state index in [2.05, 4.69) is 10.4 Å². The van der Waals surface area contributed by atoms with Crippen molar-refractivity contribution in [3.63, 3.8) is 0 Å². The van der Waals surface area contributed by atoms with Gasteiger partial charge in [0.05, 0.1) is 29.0 Å². The summed E-state index contributed by atoms with van der Waals surface area (Å²) in [5, 5.41) is 52.3. The van der Waals surface area contributed by atoms with Crippen molar-refractivity contribution in [2.45, 2.75) is 31.0 Å². The summed E-state index contributed by atoms with van der Waals surface area (Å²) < 4.78 is 16.9. The van der Waals surface area contributed by atoms with Gasteiger partial charge < -0.3 is 31.5 Å². The number of fused-ring (bicyclic) bond motifs is 4. The Morgan fingerprint density at radius 3 is 2.59 bits per heavy atom. The first-order valence-corrected chi connectivity index (χ1v) is 13.7. The number of halogens is 1. The quantitative estimate of drug-likeness (QED) is 0.181. The van der Waals surface area contributed by atoms with E-state index < -0.39 is 92.3 Å². The number of benzene rings is 2. The van der Waals surface area contributed by atoms with Crippen molar-refractivity contribution in [3.8, 4) is 5.75 Å². The molecule has 2 aromatic carbocycles. The summed E-state index contributed by atoms with van der Waals surface area (Å²) >= 11 is 0. The molecule has 7 N–H and O–H groups in total. The Labute approximate surface area is 248 Å². The number of aromatic hydroxyl groups is 1.